The summed E-state index contributed by atoms with van der Waals surface area (Å²) in [6, 6.07) is 24.3. The fraction of sp³-hybridized carbons (Fsp3) is 0.103. The number of carbonyl (C=O) groups excluding carboxylic acids is 1. The highest BCUT2D eigenvalue weighted by molar-refractivity contribution is 6.26. The van der Waals surface area contributed by atoms with Gasteiger partial charge < -0.3 is 15.5 Å². The van der Waals surface area contributed by atoms with Crippen molar-refractivity contribution in [1.29, 1.82) is 0 Å². The van der Waals surface area contributed by atoms with Gasteiger partial charge in [-0.3, -0.25) is 4.79 Å². The second-order valence-corrected chi connectivity index (χ2v) is 8.76. The van der Waals surface area contributed by atoms with Gasteiger partial charge >= 0.3 is 0 Å². The van der Waals surface area contributed by atoms with E-state index < -0.39 is 0 Å². The standard InChI is InChI=1S/C29H23N3O2/c1-16-12-26(30)32-17(2)25(16)15-31-29(33)20-9-11-22-24(14-20)28-23-13-19(18-6-4-3-5-7-18)8-10-21(23)27(22)34-28/h3-14H,15H2,1-2H3,(H2,30,32)(H,31,33). The zero-order chi connectivity index (χ0) is 23.4. The number of anilines is 1. The minimum absolute atomic E-state index is 0.134. The Morgan fingerprint density at radius 1 is 0.853 bits per heavy atom. The molecule has 0 aliphatic carbocycles. The van der Waals surface area contributed by atoms with Crippen molar-refractivity contribution in [3.8, 4) is 11.1 Å². The third-order valence-corrected chi connectivity index (χ3v) is 6.59. The van der Waals surface area contributed by atoms with E-state index >= 15 is 0 Å². The van der Waals surface area contributed by atoms with Gasteiger partial charge in [0.05, 0.1) is 0 Å². The van der Waals surface area contributed by atoms with Gasteiger partial charge in [-0.2, -0.15) is 0 Å². The maximum Gasteiger partial charge on any atom is 0.251 e. The number of hydrogen-bond acceptors (Lipinski definition) is 4. The van der Waals surface area contributed by atoms with Gasteiger partial charge in [-0.05, 0) is 72.5 Å². The van der Waals surface area contributed by atoms with Crippen molar-refractivity contribution in [2.45, 2.75) is 20.4 Å². The van der Waals surface area contributed by atoms with Gasteiger partial charge in [0.25, 0.3) is 5.91 Å². The number of rotatable bonds is 4. The lowest BCUT2D eigenvalue weighted by atomic mass is 9.97. The molecule has 3 aromatic carbocycles. The summed E-state index contributed by atoms with van der Waals surface area (Å²) in [4.78, 5) is 17.3. The molecule has 0 saturated heterocycles. The molecule has 0 unspecified atom stereocenters. The topological polar surface area (TPSA) is 81.1 Å². The van der Waals surface area contributed by atoms with Crippen molar-refractivity contribution < 1.29 is 9.21 Å². The number of furan rings is 2. The van der Waals surface area contributed by atoms with E-state index in [2.05, 4.69) is 40.6 Å². The van der Waals surface area contributed by atoms with Crippen molar-refractivity contribution in [3.63, 3.8) is 0 Å². The molecule has 0 aliphatic rings. The first kappa shape index (κ1) is 20.2. The van der Waals surface area contributed by atoms with E-state index in [0.29, 0.717) is 17.9 Å². The van der Waals surface area contributed by atoms with Crippen LogP contribution in [0.2, 0.25) is 0 Å². The number of pyridine rings is 1. The second kappa shape index (κ2) is 7.59. The van der Waals surface area contributed by atoms with Crippen LogP contribution in [-0.2, 0) is 6.54 Å². The van der Waals surface area contributed by atoms with Crippen LogP contribution in [0.3, 0.4) is 0 Å². The van der Waals surface area contributed by atoms with E-state index in [1.807, 2.05) is 56.3 Å². The molecule has 0 radical (unpaired) electrons. The Balaban J connectivity index is 1.35. The number of hydrogen-bond donors (Lipinski definition) is 2. The minimum Gasteiger partial charge on any atom is -0.455 e. The van der Waals surface area contributed by atoms with Gasteiger partial charge in [-0.1, -0.05) is 36.4 Å². The monoisotopic (exact) mass is 445 g/mol. The Hall–Kier alpha value is -4.38. The molecule has 0 atom stereocenters. The molecule has 3 heterocycles. The first-order valence-corrected chi connectivity index (χ1v) is 11.3. The number of amides is 1. The van der Waals surface area contributed by atoms with Crippen LogP contribution in [-0.4, -0.2) is 10.9 Å². The summed E-state index contributed by atoms with van der Waals surface area (Å²) in [6.45, 7) is 4.28. The number of fused-ring (bicyclic) bond motifs is 8. The van der Waals surface area contributed by atoms with Crippen LogP contribution in [0.5, 0.6) is 0 Å². The van der Waals surface area contributed by atoms with Crippen LogP contribution >= 0.6 is 0 Å². The fourth-order valence-electron chi connectivity index (χ4n) is 4.85. The van der Waals surface area contributed by atoms with Gasteiger partial charge in [-0.15, -0.1) is 0 Å². The molecule has 1 amide bonds. The summed E-state index contributed by atoms with van der Waals surface area (Å²) in [5.74, 6) is 0.356. The van der Waals surface area contributed by atoms with Crippen molar-refractivity contribution >= 4 is 44.4 Å². The van der Waals surface area contributed by atoms with Gasteiger partial charge in [-0.25, -0.2) is 4.98 Å². The molecule has 3 N–H and O–H groups in total. The fourth-order valence-corrected chi connectivity index (χ4v) is 4.85. The highest BCUT2D eigenvalue weighted by atomic mass is 16.3. The average molecular weight is 446 g/mol. The zero-order valence-electron chi connectivity index (χ0n) is 19.0. The maximum atomic E-state index is 13.0. The largest absolute Gasteiger partial charge is 0.455 e. The van der Waals surface area contributed by atoms with Crippen molar-refractivity contribution in [1.82, 2.24) is 10.3 Å². The Labute approximate surface area is 196 Å². The SMILES string of the molecule is Cc1cc(N)nc(C)c1CNC(=O)c1ccc2c(c1)c1oc2c2ccc(-c3ccccc3)cc21. The van der Waals surface area contributed by atoms with Crippen molar-refractivity contribution in [2.24, 2.45) is 0 Å². The predicted molar refractivity (Wildman–Crippen MR) is 137 cm³/mol. The van der Waals surface area contributed by atoms with Crippen LogP contribution in [0.4, 0.5) is 5.82 Å². The molecule has 0 fully saturated rings. The average Bonchev–Trinajstić information content (AvgIpc) is 3.40. The summed E-state index contributed by atoms with van der Waals surface area (Å²) in [7, 11) is 0. The number of carbonyl (C=O) groups is 1. The normalized spacial score (nSPS) is 11.6. The molecule has 34 heavy (non-hydrogen) atoms. The van der Waals surface area contributed by atoms with Crippen LogP contribution in [0.25, 0.3) is 43.8 Å². The molecular weight excluding hydrogens is 422 g/mol. The number of benzene rings is 4. The molecule has 6 aromatic rings. The van der Waals surface area contributed by atoms with Crippen LogP contribution in [0.15, 0.2) is 77.2 Å². The molecule has 0 aliphatic heterocycles. The Morgan fingerprint density at radius 3 is 2.32 bits per heavy atom. The van der Waals surface area contributed by atoms with Gasteiger partial charge in [0.2, 0.25) is 0 Å². The first-order valence-electron chi connectivity index (χ1n) is 11.3. The Morgan fingerprint density at radius 2 is 1.56 bits per heavy atom. The number of nitrogens with zero attached hydrogens (tertiary/aromatic N) is 1. The maximum absolute atomic E-state index is 13.0. The molecule has 2 bridgehead atoms. The summed E-state index contributed by atoms with van der Waals surface area (Å²) < 4.78 is 6.19. The minimum atomic E-state index is -0.134. The lowest BCUT2D eigenvalue weighted by Crippen LogP contribution is -2.24. The third-order valence-electron chi connectivity index (χ3n) is 6.59. The number of aromatic nitrogens is 1. The summed E-state index contributed by atoms with van der Waals surface area (Å²) in [5.41, 5.74) is 13.2. The van der Waals surface area contributed by atoms with E-state index in [1.165, 1.54) is 0 Å². The van der Waals surface area contributed by atoms with Gasteiger partial charge in [0.1, 0.15) is 17.0 Å². The van der Waals surface area contributed by atoms with Crippen LogP contribution in [0, 0.1) is 13.8 Å². The van der Waals surface area contributed by atoms with E-state index in [4.69, 9.17) is 10.2 Å². The Kier molecular flexibility index (Phi) is 4.52. The summed E-state index contributed by atoms with van der Waals surface area (Å²) >= 11 is 0. The lowest BCUT2D eigenvalue weighted by Gasteiger charge is -2.11. The van der Waals surface area contributed by atoms with E-state index in [0.717, 1.165) is 60.7 Å². The molecule has 5 nitrogen and oxygen atoms in total. The summed E-state index contributed by atoms with van der Waals surface area (Å²) in [5, 5.41) is 7.18. The first-order chi connectivity index (χ1) is 16.5. The molecule has 5 heteroatoms. The lowest BCUT2D eigenvalue weighted by molar-refractivity contribution is 0.0951. The molecular formula is C29H23N3O2. The van der Waals surface area contributed by atoms with Crippen LogP contribution < -0.4 is 11.1 Å². The molecule has 166 valence electrons. The van der Waals surface area contributed by atoms with Gasteiger partial charge in [0.15, 0.2) is 0 Å². The number of aryl methyl sites for hydroxylation is 2. The smallest absolute Gasteiger partial charge is 0.251 e. The number of nitrogens with one attached hydrogen (secondary N) is 1. The quantitative estimate of drug-likeness (QED) is 0.309. The van der Waals surface area contributed by atoms with Gasteiger partial charge in [0, 0.05) is 39.3 Å². The number of nitrogen functional groups attached to an aromatic ring is 1. The van der Waals surface area contributed by atoms with Crippen LogP contribution in [0.1, 0.15) is 27.2 Å². The molecule has 3 aromatic heterocycles. The Bertz CT molecular complexity index is 1680. The predicted octanol–water partition coefficient (Wildman–Crippen LogP) is 6.37. The van der Waals surface area contributed by atoms with E-state index in [9.17, 15) is 4.79 Å². The van der Waals surface area contributed by atoms with Crippen molar-refractivity contribution in [3.05, 3.63) is 95.2 Å². The van der Waals surface area contributed by atoms with Crippen molar-refractivity contribution in [2.75, 3.05) is 5.73 Å². The molecule has 6 rings (SSSR count). The molecule has 0 spiro atoms. The third kappa shape index (κ3) is 3.17. The van der Waals surface area contributed by atoms with E-state index in [1.54, 1.807) is 0 Å². The number of nitrogens with two attached hydrogens (primary N) is 1. The molecule has 0 saturated carbocycles. The highest BCUT2D eigenvalue weighted by Crippen LogP contribution is 2.42. The zero-order valence-corrected chi connectivity index (χ0v) is 19.0. The summed E-state index contributed by atoms with van der Waals surface area (Å²) in [6.07, 6.45) is 0. The van der Waals surface area contributed by atoms with E-state index in [-0.39, 0.29) is 5.91 Å². The highest BCUT2D eigenvalue weighted by Gasteiger charge is 2.19. The second-order valence-electron chi connectivity index (χ2n) is 8.76.